The molecule has 0 aromatic rings. The summed E-state index contributed by atoms with van der Waals surface area (Å²) in [6.45, 7) is 23.2. The predicted molar refractivity (Wildman–Crippen MR) is 96.6 cm³/mol. The summed E-state index contributed by atoms with van der Waals surface area (Å²) < 4.78 is 0. The molecule has 0 heterocycles. The minimum atomic E-state index is 0.462. The number of rotatable bonds is 2. The van der Waals surface area contributed by atoms with Crippen LogP contribution in [0.5, 0.6) is 0 Å². The molecule has 3 rings (SSSR count). The van der Waals surface area contributed by atoms with Crippen molar-refractivity contribution in [2.45, 2.75) is 81.6 Å². The average Bonchev–Trinajstić information content (AvgIpc) is 2.50. The maximum Gasteiger partial charge on any atom is -0.0179 e. The number of fused-ring (bicyclic) bond motifs is 4. The highest BCUT2D eigenvalue weighted by atomic mass is 14.8. The van der Waals surface area contributed by atoms with Crippen molar-refractivity contribution in [2.75, 3.05) is 0 Å². The van der Waals surface area contributed by atoms with Crippen LogP contribution in [0.3, 0.4) is 0 Å². The lowest BCUT2D eigenvalue weighted by atomic mass is 9.22. The topological polar surface area (TPSA) is 0 Å². The Hall–Kier alpha value is 0. The van der Waals surface area contributed by atoms with Crippen LogP contribution in [0.25, 0.3) is 0 Å². The second-order valence-corrected chi connectivity index (χ2v) is 10.6. The van der Waals surface area contributed by atoms with Crippen molar-refractivity contribution in [3.8, 4) is 0 Å². The Morgan fingerprint density at radius 3 is 2.05 bits per heavy atom. The van der Waals surface area contributed by atoms with Gasteiger partial charge in [-0.3, -0.25) is 0 Å². The van der Waals surface area contributed by atoms with Crippen molar-refractivity contribution in [1.82, 2.24) is 0 Å². The van der Waals surface area contributed by atoms with E-state index in [9.17, 15) is 0 Å². The Labute approximate surface area is 139 Å². The zero-order valence-electron chi connectivity index (χ0n) is 16.7. The molecular formula is C22H40. The molecule has 8 unspecified atom stereocenters. The van der Waals surface area contributed by atoms with Gasteiger partial charge in [0, 0.05) is 0 Å². The minimum absolute atomic E-state index is 0.462. The van der Waals surface area contributed by atoms with Gasteiger partial charge in [0.25, 0.3) is 0 Å². The van der Waals surface area contributed by atoms with Gasteiger partial charge in [-0.1, -0.05) is 68.7 Å². The molecule has 22 heavy (non-hydrogen) atoms. The highest BCUT2D eigenvalue weighted by molar-refractivity contribution is 5.26. The summed E-state index contributed by atoms with van der Waals surface area (Å²) in [6, 6.07) is 0. The monoisotopic (exact) mass is 304 g/mol. The average molecular weight is 305 g/mol. The fourth-order valence-electron chi connectivity index (χ4n) is 8.33. The Bertz CT molecular complexity index is 447. The molecule has 0 saturated heterocycles. The zero-order valence-corrected chi connectivity index (χ0v) is 16.7. The van der Waals surface area contributed by atoms with E-state index in [1.165, 1.54) is 19.3 Å². The van der Waals surface area contributed by atoms with Crippen LogP contribution in [0.4, 0.5) is 0 Å². The summed E-state index contributed by atoms with van der Waals surface area (Å²) in [6.07, 6.45) is 4.34. The van der Waals surface area contributed by atoms with E-state index in [1.54, 1.807) is 0 Å². The first-order valence-corrected chi connectivity index (χ1v) is 10.0. The molecule has 0 aliphatic heterocycles. The molecule has 3 aliphatic carbocycles. The molecule has 0 N–H and O–H groups in total. The third kappa shape index (κ3) is 1.56. The molecule has 8 atom stereocenters. The fourth-order valence-corrected chi connectivity index (χ4v) is 8.33. The van der Waals surface area contributed by atoms with E-state index < -0.39 is 0 Å². The van der Waals surface area contributed by atoms with Crippen molar-refractivity contribution < 1.29 is 0 Å². The van der Waals surface area contributed by atoms with Crippen molar-refractivity contribution in [1.29, 1.82) is 0 Å². The largest absolute Gasteiger partial charge is 0.0651 e. The molecule has 0 nitrogen and oxygen atoms in total. The van der Waals surface area contributed by atoms with Crippen LogP contribution >= 0.6 is 0 Å². The highest BCUT2D eigenvalue weighted by Gasteiger charge is 2.79. The van der Waals surface area contributed by atoms with Crippen LogP contribution in [0.1, 0.15) is 81.6 Å². The molecule has 0 radical (unpaired) electrons. The third-order valence-corrected chi connectivity index (χ3v) is 10.1. The van der Waals surface area contributed by atoms with Crippen molar-refractivity contribution in [3.05, 3.63) is 0 Å². The number of hydrogen-bond donors (Lipinski definition) is 0. The Balaban J connectivity index is 2.11. The van der Waals surface area contributed by atoms with Gasteiger partial charge in [0.1, 0.15) is 0 Å². The molecular weight excluding hydrogens is 264 g/mol. The van der Waals surface area contributed by atoms with Gasteiger partial charge in [0.15, 0.2) is 0 Å². The summed E-state index contributed by atoms with van der Waals surface area (Å²) in [4.78, 5) is 0. The molecule has 0 amide bonds. The summed E-state index contributed by atoms with van der Waals surface area (Å²) >= 11 is 0. The standard InChI is InChI=1S/C22H40/c1-10-16-12-17(13(2)3)20(6,7)22(9)19(15(16)5)18-11-14(4)21(18,22)8/h13-19H,10-12H2,1-9H3. The van der Waals surface area contributed by atoms with Crippen molar-refractivity contribution >= 4 is 0 Å². The molecule has 128 valence electrons. The lowest BCUT2D eigenvalue weighted by Crippen LogP contribution is -2.77. The van der Waals surface area contributed by atoms with Crippen LogP contribution in [0, 0.1) is 57.7 Å². The summed E-state index contributed by atoms with van der Waals surface area (Å²) in [7, 11) is 0. The molecule has 0 aromatic heterocycles. The van der Waals surface area contributed by atoms with Gasteiger partial charge in [0.05, 0.1) is 0 Å². The Kier molecular flexibility index (Phi) is 3.65. The zero-order chi connectivity index (χ0) is 16.7. The first kappa shape index (κ1) is 16.8. The molecule has 3 fully saturated rings. The Morgan fingerprint density at radius 1 is 1.00 bits per heavy atom. The molecule has 3 aliphatic rings. The lowest BCUT2D eigenvalue weighted by Gasteiger charge is -2.82. The van der Waals surface area contributed by atoms with Crippen LogP contribution in [0.15, 0.2) is 0 Å². The second-order valence-electron chi connectivity index (χ2n) is 10.6. The van der Waals surface area contributed by atoms with Gasteiger partial charge in [-0.2, -0.15) is 0 Å². The van der Waals surface area contributed by atoms with Gasteiger partial charge in [-0.05, 0) is 70.5 Å². The van der Waals surface area contributed by atoms with E-state index >= 15 is 0 Å². The molecule has 3 saturated carbocycles. The fraction of sp³-hybridized carbons (Fsp3) is 1.00. The van der Waals surface area contributed by atoms with Gasteiger partial charge < -0.3 is 0 Å². The second kappa shape index (κ2) is 4.76. The maximum absolute atomic E-state index is 2.70. The van der Waals surface area contributed by atoms with Crippen LogP contribution < -0.4 is 0 Å². The Morgan fingerprint density at radius 2 is 1.59 bits per heavy atom. The van der Waals surface area contributed by atoms with E-state index in [1.807, 2.05) is 0 Å². The van der Waals surface area contributed by atoms with E-state index in [2.05, 4.69) is 62.3 Å². The molecule has 0 bridgehead atoms. The van der Waals surface area contributed by atoms with E-state index in [4.69, 9.17) is 0 Å². The van der Waals surface area contributed by atoms with Crippen LogP contribution in [-0.4, -0.2) is 0 Å². The van der Waals surface area contributed by atoms with E-state index in [0.29, 0.717) is 16.2 Å². The van der Waals surface area contributed by atoms with Gasteiger partial charge >= 0.3 is 0 Å². The van der Waals surface area contributed by atoms with E-state index in [0.717, 1.165) is 41.4 Å². The van der Waals surface area contributed by atoms with Crippen LogP contribution in [0.2, 0.25) is 0 Å². The molecule has 0 aromatic carbocycles. The van der Waals surface area contributed by atoms with Crippen LogP contribution in [-0.2, 0) is 0 Å². The summed E-state index contributed by atoms with van der Waals surface area (Å²) in [5.41, 5.74) is 1.59. The first-order valence-electron chi connectivity index (χ1n) is 10.0. The predicted octanol–water partition coefficient (Wildman–Crippen LogP) is 6.65. The quantitative estimate of drug-likeness (QED) is 0.536. The normalized spacial score (nSPS) is 56.5. The van der Waals surface area contributed by atoms with Gasteiger partial charge in [0.2, 0.25) is 0 Å². The van der Waals surface area contributed by atoms with Crippen molar-refractivity contribution in [3.63, 3.8) is 0 Å². The highest BCUT2D eigenvalue weighted by Crippen LogP contribution is 2.84. The minimum Gasteiger partial charge on any atom is -0.0651 e. The SMILES string of the molecule is CCC1CC(C(C)C)C(C)(C)C2(C)C(C1C)C1CC(C)C12C. The number of hydrogen-bond acceptors (Lipinski definition) is 0. The smallest absolute Gasteiger partial charge is 0.0179 e. The summed E-state index contributed by atoms with van der Waals surface area (Å²) in [5.74, 6) is 6.46. The van der Waals surface area contributed by atoms with E-state index in [-0.39, 0.29) is 0 Å². The molecule has 0 heteroatoms. The van der Waals surface area contributed by atoms with Gasteiger partial charge in [-0.15, -0.1) is 0 Å². The maximum atomic E-state index is 2.70. The van der Waals surface area contributed by atoms with Gasteiger partial charge in [-0.25, -0.2) is 0 Å². The third-order valence-electron chi connectivity index (χ3n) is 10.1. The lowest BCUT2D eigenvalue weighted by molar-refractivity contribution is -0.348. The summed E-state index contributed by atoms with van der Waals surface area (Å²) in [5, 5.41) is 0. The van der Waals surface area contributed by atoms with Crippen molar-refractivity contribution in [2.24, 2.45) is 57.7 Å². The molecule has 0 spiro atoms. The first-order chi connectivity index (χ1) is 10.0.